The Hall–Kier alpha value is -2.84. The number of fused-ring (bicyclic) bond motifs is 5. The number of aliphatic hydroxyl groups is 1. The highest BCUT2D eigenvalue weighted by molar-refractivity contribution is 5.44. The molecular weight excluding hydrogens is 390 g/mol. The number of hydrogen-bond acceptors (Lipinski definition) is 4. The van der Waals surface area contributed by atoms with Crippen LogP contribution in [0.2, 0.25) is 0 Å². The van der Waals surface area contributed by atoms with Crippen LogP contribution in [0.1, 0.15) is 56.1 Å². The number of aryl methyl sites for hydroxylation is 1. The van der Waals surface area contributed by atoms with Crippen LogP contribution in [0.25, 0.3) is 0 Å². The van der Waals surface area contributed by atoms with Gasteiger partial charge < -0.3 is 9.84 Å². The molecule has 0 heterocycles. The van der Waals surface area contributed by atoms with Crippen LogP contribution in [0.3, 0.4) is 0 Å². The predicted molar refractivity (Wildman–Crippen MR) is 118 cm³/mol. The summed E-state index contributed by atoms with van der Waals surface area (Å²) in [6.45, 7) is 2.21. The van der Waals surface area contributed by atoms with Gasteiger partial charge in [-0.05, 0) is 91.7 Å². The third-order valence-electron chi connectivity index (χ3n) is 8.37. The summed E-state index contributed by atoms with van der Waals surface area (Å²) in [6, 6.07) is 12.5. The van der Waals surface area contributed by atoms with Gasteiger partial charge in [0.05, 0.1) is 4.92 Å². The van der Waals surface area contributed by atoms with Gasteiger partial charge in [-0.2, -0.15) is 0 Å². The molecule has 0 bridgehead atoms. The normalized spacial score (nSPS) is 33.5. The highest BCUT2D eigenvalue weighted by atomic mass is 16.6. The second-order valence-corrected chi connectivity index (χ2v) is 9.63. The first-order valence-corrected chi connectivity index (χ1v) is 11.1. The maximum absolute atomic E-state index is 11.1. The average Bonchev–Trinajstić information content (AvgIpc) is 3.05. The minimum atomic E-state index is -0.967. The molecule has 1 N–H and O–H groups in total. The van der Waals surface area contributed by atoms with Gasteiger partial charge >= 0.3 is 0 Å². The monoisotopic (exact) mass is 417 g/mol. The van der Waals surface area contributed by atoms with Crippen molar-refractivity contribution < 1.29 is 14.8 Å². The van der Waals surface area contributed by atoms with Crippen LogP contribution in [-0.4, -0.2) is 15.6 Å². The van der Waals surface area contributed by atoms with Crippen molar-refractivity contribution in [3.05, 3.63) is 63.7 Å². The number of non-ortho nitro benzene ring substituents is 1. The summed E-state index contributed by atoms with van der Waals surface area (Å²) >= 11 is 0. The molecule has 3 aliphatic carbocycles. The van der Waals surface area contributed by atoms with E-state index in [1.165, 1.54) is 23.3 Å². The lowest BCUT2D eigenvalue weighted by molar-refractivity contribution is -0.384. The molecule has 2 aromatic carbocycles. The van der Waals surface area contributed by atoms with Crippen molar-refractivity contribution in [3.63, 3.8) is 0 Å². The largest absolute Gasteiger partial charge is 0.457 e. The van der Waals surface area contributed by atoms with E-state index < -0.39 is 10.5 Å². The van der Waals surface area contributed by atoms with Crippen LogP contribution in [0.4, 0.5) is 5.69 Å². The van der Waals surface area contributed by atoms with Gasteiger partial charge in [0.25, 0.3) is 5.69 Å². The van der Waals surface area contributed by atoms with Gasteiger partial charge in [0, 0.05) is 17.5 Å². The zero-order valence-corrected chi connectivity index (χ0v) is 17.7. The lowest BCUT2D eigenvalue weighted by atomic mass is 9.53. The third kappa shape index (κ3) is 3.04. The molecule has 0 amide bonds. The average molecular weight is 418 g/mol. The molecule has 5 nitrogen and oxygen atoms in total. The Kier molecular flexibility index (Phi) is 4.60. The molecule has 2 saturated carbocycles. The number of ether oxygens (including phenoxy) is 1. The maximum atomic E-state index is 11.1. The van der Waals surface area contributed by atoms with E-state index in [-0.39, 0.29) is 11.1 Å². The summed E-state index contributed by atoms with van der Waals surface area (Å²) in [6.07, 6.45) is 11.6. The van der Waals surface area contributed by atoms with Gasteiger partial charge in [-0.3, -0.25) is 10.1 Å². The summed E-state index contributed by atoms with van der Waals surface area (Å²) < 4.78 is 5.96. The van der Waals surface area contributed by atoms with Crippen molar-refractivity contribution in [2.75, 3.05) is 0 Å². The van der Waals surface area contributed by atoms with Crippen LogP contribution in [0.5, 0.6) is 11.5 Å². The number of nitrogens with zero attached hydrogens (tertiary/aromatic N) is 1. The summed E-state index contributed by atoms with van der Waals surface area (Å²) in [5.74, 6) is 5.63. The van der Waals surface area contributed by atoms with Crippen molar-refractivity contribution in [1.82, 2.24) is 0 Å². The Morgan fingerprint density at radius 2 is 1.87 bits per heavy atom. The summed E-state index contributed by atoms with van der Waals surface area (Å²) in [5.41, 5.74) is 1.64. The highest BCUT2D eigenvalue weighted by Crippen LogP contribution is 2.64. The number of rotatable bonds is 3. The Bertz CT molecular complexity index is 1070. The SMILES string of the molecule is C#C[C@@]1(O)CCC2C3CCc4cc(Oc5ccc([N+](=O)[O-])cc5)ccc4C3CCC21C. The van der Waals surface area contributed by atoms with Crippen molar-refractivity contribution in [3.8, 4) is 23.8 Å². The molecule has 0 aromatic heterocycles. The molecule has 160 valence electrons. The Morgan fingerprint density at radius 3 is 2.58 bits per heavy atom. The minimum Gasteiger partial charge on any atom is -0.457 e. The first-order valence-electron chi connectivity index (χ1n) is 11.1. The first-order chi connectivity index (χ1) is 14.8. The molecular formula is C26H27NO4. The van der Waals surface area contributed by atoms with E-state index in [0.717, 1.165) is 37.9 Å². The van der Waals surface area contributed by atoms with Gasteiger partial charge in [-0.1, -0.05) is 18.9 Å². The van der Waals surface area contributed by atoms with E-state index in [0.29, 0.717) is 29.9 Å². The highest BCUT2D eigenvalue weighted by Gasteiger charge is 2.61. The van der Waals surface area contributed by atoms with E-state index >= 15 is 0 Å². The molecule has 2 fully saturated rings. The molecule has 5 atom stereocenters. The van der Waals surface area contributed by atoms with Crippen molar-refractivity contribution in [2.45, 2.75) is 57.0 Å². The second-order valence-electron chi connectivity index (χ2n) is 9.63. The van der Waals surface area contributed by atoms with Crippen LogP contribution in [-0.2, 0) is 6.42 Å². The fourth-order valence-electron chi connectivity index (χ4n) is 6.65. The second kappa shape index (κ2) is 7.10. The van der Waals surface area contributed by atoms with Crippen LogP contribution in [0, 0.1) is 39.7 Å². The number of nitro groups is 1. The van der Waals surface area contributed by atoms with Gasteiger partial charge in [-0.15, -0.1) is 6.42 Å². The van der Waals surface area contributed by atoms with E-state index in [9.17, 15) is 15.2 Å². The first kappa shape index (κ1) is 20.1. The Morgan fingerprint density at radius 1 is 1.13 bits per heavy atom. The summed E-state index contributed by atoms with van der Waals surface area (Å²) in [4.78, 5) is 10.4. The molecule has 5 heteroatoms. The lowest BCUT2D eigenvalue weighted by Crippen LogP contribution is -2.50. The zero-order chi connectivity index (χ0) is 21.8. The van der Waals surface area contributed by atoms with Crippen molar-refractivity contribution in [2.24, 2.45) is 17.3 Å². The van der Waals surface area contributed by atoms with E-state index in [1.807, 2.05) is 6.07 Å². The minimum absolute atomic E-state index is 0.0526. The quantitative estimate of drug-likeness (QED) is 0.400. The fourth-order valence-corrected chi connectivity index (χ4v) is 6.65. The molecule has 0 saturated heterocycles. The number of benzene rings is 2. The van der Waals surface area contributed by atoms with E-state index in [2.05, 4.69) is 25.0 Å². The zero-order valence-electron chi connectivity index (χ0n) is 17.7. The Labute approximate surface area is 182 Å². The molecule has 5 rings (SSSR count). The van der Waals surface area contributed by atoms with Crippen LogP contribution in [0.15, 0.2) is 42.5 Å². The third-order valence-corrected chi connectivity index (χ3v) is 8.37. The molecule has 31 heavy (non-hydrogen) atoms. The fraction of sp³-hybridized carbons (Fsp3) is 0.462. The van der Waals surface area contributed by atoms with Gasteiger partial charge in [0.1, 0.15) is 17.1 Å². The van der Waals surface area contributed by atoms with Crippen LogP contribution < -0.4 is 4.74 Å². The molecule has 0 radical (unpaired) electrons. The topological polar surface area (TPSA) is 72.6 Å². The van der Waals surface area contributed by atoms with Crippen molar-refractivity contribution >= 4 is 5.69 Å². The molecule has 3 aliphatic rings. The van der Waals surface area contributed by atoms with Gasteiger partial charge in [0.15, 0.2) is 0 Å². The van der Waals surface area contributed by atoms with Crippen molar-refractivity contribution in [1.29, 1.82) is 0 Å². The van der Waals surface area contributed by atoms with Gasteiger partial charge in [-0.25, -0.2) is 0 Å². The number of nitro benzene ring substituents is 1. The number of hydrogen-bond donors (Lipinski definition) is 1. The smallest absolute Gasteiger partial charge is 0.269 e. The molecule has 0 spiro atoms. The maximum Gasteiger partial charge on any atom is 0.269 e. The predicted octanol–water partition coefficient (Wildman–Crippen LogP) is 5.61. The standard InChI is InChI=1S/C26H27NO4/c1-3-26(28)15-13-24-23-10-4-17-16-20(31-19-7-5-18(6-8-19)27(29)30)9-11-21(17)22(23)12-14-25(24,26)2/h1,5-9,11,16,22-24,28H,4,10,12-15H2,2H3/t22?,23?,24?,25?,26-/m1/s1. The summed E-state index contributed by atoms with van der Waals surface area (Å²) in [7, 11) is 0. The Balaban J connectivity index is 1.37. The van der Waals surface area contributed by atoms with E-state index in [4.69, 9.17) is 11.2 Å². The number of terminal acetylenes is 1. The van der Waals surface area contributed by atoms with E-state index in [1.54, 1.807) is 12.1 Å². The van der Waals surface area contributed by atoms with Crippen LogP contribution >= 0.6 is 0 Å². The molecule has 2 aromatic rings. The molecule has 0 aliphatic heterocycles. The lowest BCUT2D eigenvalue weighted by Gasteiger charge is -2.52. The molecule has 4 unspecified atom stereocenters. The van der Waals surface area contributed by atoms with Gasteiger partial charge in [0.2, 0.25) is 0 Å². The summed E-state index contributed by atoms with van der Waals surface area (Å²) in [5, 5.41) is 21.9.